The molecule has 3 aromatic rings. The van der Waals surface area contributed by atoms with E-state index in [0.717, 1.165) is 32.9 Å². The Hall–Kier alpha value is -2.89. The Kier molecular flexibility index (Phi) is 6.86. The van der Waals surface area contributed by atoms with E-state index in [1.54, 1.807) is 0 Å². The molecule has 0 saturated carbocycles. The van der Waals surface area contributed by atoms with Gasteiger partial charge in [0.25, 0.3) is 0 Å². The lowest BCUT2D eigenvalue weighted by Crippen LogP contribution is -2.21. The summed E-state index contributed by atoms with van der Waals surface area (Å²) >= 11 is 0. The molecule has 0 saturated heterocycles. The minimum absolute atomic E-state index is 0.445. The van der Waals surface area contributed by atoms with Crippen LogP contribution in [-0.4, -0.2) is 4.21 Å². The van der Waals surface area contributed by atoms with E-state index in [4.69, 9.17) is 0 Å². The molecule has 0 aliphatic heterocycles. The van der Waals surface area contributed by atoms with Crippen LogP contribution in [0.4, 0.5) is 0 Å². The van der Waals surface area contributed by atoms with Crippen LogP contribution in [-0.2, 0) is 16.2 Å². The van der Waals surface area contributed by atoms with Crippen LogP contribution < -0.4 is 0 Å². The zero-order chi connectivity index (χ0) is 20.7. The van der Waals surface area contributed by atoms with Crippen LogP contribution in [0.1, 0.15) is 37.0 Å². The molecule has 0 radical (unpaired) electrons. The molecular weight excluding hydrogens is 372 g/mol. The highest BCUT2D eigenvalue weighted by Gasteiger charge is 2.28. The van der Waals surface area contributed by atoms with Gasteiger partial charge in [0.2, 0.25) is 0 Å². The van der Waals surface area contributed by atoms with E-state index < -0.39 is 16.2 Å². The Morgan fingerprint density at radius 2 is 1.59 bits per heavy atom. The molecule has 0 heterocycles. The first-order valence-electron chi connectivity index (χ1n) is 9.81. The zero-order valence-corrected chi connectivity index (χ0v) is 18.0. The van der Waals surface area contributed by atoms with Gasteiger partial charge in [-0.25, -0.2) is 4.21 Å². The number of aryl methyl sites for hydroxylation is 1. The van der Waals surface area contributed by atoms with Crippen LogP contribution in [0.15, 0.2) is 101 Å². The van der Waals surface area contributed by atoms with E-state index in [1.807, 2.05) is 92.7 Å². The summed E-state index contributed by atoms with van der Waals surface area (Å²) in [6.45, 7) is 6.18. The van der Waals surface area contributed by atoms with Gasteiger partial charge in [0.05, 0.1) is 16.2 Å². The quantitative estimate of drug-likeness (QED) is 0.357. The van der Waals surface area contributed by atoms with E-state index in [9.17, 15) is 4.21 Å². The molecule has 0 aromatic heterocycles. The lowest BCUT2D eigenvalue weighted by Gasteiger charge is -2.25. The number of rotatable bonds is 5. The maximum Gasteiger partial charge on any atom is 0.0852 e. The Morgan fingerprint density at radius 1 is 0.931 bits per heavy atom. The Balaban J connectivity index is 2.08. The third-order valence-electron chi connectivity index (χ3n) is 4.93. The number of benzene rings is 3. The van der Waals surface area contributed by atoms with Crippen molar-refractivity contribution in [3.63, 3.8) is 0 Å². The number of hydrogen-bond donors (Lipinski definition) is 0. The zero-order valence-electron chi connectivity index (χ0n) is 17.2. The fourth-order valence-corrected chi connectivity index (χ4v) is 4.52. The van der Waals surface area contributed by atoms with Crippen LogP contribution in [0.3, 0.4) is 0 Å². The van der Waals surface area contributed by atoms with Gasteiger partial charge in [0, 0.05) is 15.4 Å². The van der Waals surface area contributed by atoms with Crippen molar-refractivity contribution in [1.29, 1.82) is 0 Å². The van der Waals surface area contributed by atoms with Crippen molar-refractivity contribution in [2.45, 2.75) is 42.4 Å². The fourth-order valence-electron chi connectivity index (χ4n) is 3.19. The summed E-state index contributed by atoms with van der Waals surface area (Å²) in [5.74, 6) is 6.81. The normalized spacial score (nSPS) is 14.0. The van der Waals surface area contributed by atoms with Crippen molar-refractivity contribution in [2.75, 3.05) is 0 Å². The Morgan fingerprint density at radius 3 is 2.28 bits per heavy atom. The van der Waals surface area contributed by atoms with E-state index in [1.165, 1.54) is 0 Å². The second kappa shape index (κ2) is 9.54. The maximum atomic E-state index is 13.4. The first-order chi connectivity index (χ1) is 14.0. The van der Waals surface area contributed by atoms with Crippen molar-refractivity contribution >= 4 is 10.8 Å². The van der Waals surface area contributed by atoms with E-state index in [2.05, 4.69) is 30.9 Å². The summed E-state index contributed by atoms with van der Waals surface area (Å²) < 4.78 is 13.4. The summed E-state index contributed by atoms with van der Waals surface area (Å²) in [6.07, 6.45) is 4.93. The average molecular weight is 399 g/mol. The van der Waals surface area contributed by atoms with Gasteiger partial charge in [0.1, 0.15) is 0 Å². The van der Waals surface area contributed by atoms with Gasteiger partial charge < -0.3 is 0 Å². The smallest absolute Gasteiger partial charge is 0.0852 e. The van der Waals surface area contributed by atoms with E-state index in [0.29, 0.717) is 0 Å². The molecule has 1 unspecified atom stereocenters. The molecule has 0 bridgehead atoms. The lowest BCUT2D eigenvalue weighted by molar-refractivity contribution is 0.612. The largest absolute Gasteiger partial charge is 0.249 e. The highest BCUT2D eigenvalue weighted by atomic mass is 32.2. The summed E-state index contributed by atoms with van der Waals surface area (Å²) in [5.41, 5.74) is 2.71. The predicted molar refractivity (Wildman–Crippen MR) is 122 cm³/mol. The molecule has 2 atom stereocenters. The van der Waals surface area contributed by atoms with Crippen molar-refractivity contribution < 1.29 is 4.21 Å². The molecule has 3 rings (SSSR count). The van der Waals surface area contributed by atoms with Gasteiger partial charge in [-0.15, -0.1) is 0 Å². The minimum Gasteiger partial charge on any atom is -0.249 e. The molecule has 146 valence electrons. The van der Waals surface area contributed by atoms with Crippen LogP contribution in [0.2, 0.25) is 0 Å². The second-order valence-electron chi connectivity index (χ2n) is 7.30. The molecular formula is C27H26OS. The van der Waals surface area contributed by atoms with Gasteiger partial charge in [-0.1, -0.05) is 78.1 Å². The molecule has 2 heteroatoms. The van der Waals surface area contributed by atoms with Crippen molar-refractivity contribution in [3.8, 4) is 11.8 Å². The van der Waals surface area contributed by atoms with Gasteiger partial charge in [-0.3, -0.25) is 0 Å². The van der Waals surface area contributed by atoms with Crippen LogP contribution in [0.5, 0.6) is 0 Å². The monoisotopic (exact) mass is 398 g/mol. The fraction of sp³-hybridized carbons (Fsp3) is 0.185. The van der Waals surface area contributed by atoms with Gasteiger partial charge in [-0.2, -0.15) is 0 Å². The van der Waals surface area contributed by atoms with Crippen LogP contribution in [0, 0.1) is 18.8 Å². The molecule has 0 spiro atoms. The van der Waals surface area contributed by atoms with Gasteiger partial charge in [0.15, 0.2) is 0 Å². The third kappa shape index (κ3) is 5.13. The minimum atomic E-state index is -1.26. The van der Waals surface area contributed by atoms with Gasteiger partial charge >= 0.3 is 0 Å². The predicted octanol–water partition coefficient (Wildman–Crippen LogP) is 6.44. The molecule has 0 amide bonds. The van der Waals surface area contributed by atoms with E-state index >= 15 is 0 Å². The summed E-state index contributed by atoms with van der Waals surface area (Å²) in [5, 5.41) is 0. The first kappa shape index (κ1) is 20.8. The van der Waals surface area contributed by atoms with Gasteiger partial charge in [-0.05, 0) is 63.1 Å². The van der Waals surface area contributed by atoms with Crippen molar-refractivity contribution in [1.82, 2.24) is 0 Å². The number of allylic oxidation sites excluding steroid dienone is 2. The summed E-state index contributed by atoms with van der Waals surface area (Å²) in [6, 6.07) is 25.9. The standard InChI is InChI=1S/C27H26OS/c1-4-5-20-27(3,21-19-23-11-7-6-8-12-23)25-13-9-10-14-26(25)29(28)24-17-15-22(2)16-18-24/h4-18H,20H2,1-3H3/b5-4+/t27-,29?/m0/s1. The highest BCUT2D eigenvalue weighted by Crippen LogP contribution is 2.34. The molecule has 0 fully saturated rings. The van der Waals surface area contributed by atoms with Crippen molar-refractivity contribution in [3.05, 3.63) is 108 Å². The van der Waals surface area contributed by atoms with Crippen molar-refractivity contribution in [2.24, 2.45) is 0 Å². The molecule has 0 aliphatic carbocycles. The van der Waals surface area contributed by atoms with E-state index in [-0.39, 0.29) is 0 Å². The first-order valence-corrected chi connectivity index (χ1v) is 11.0. The molecule has 29 heavy (non-hydrogen) atoms. The Labute approximate surface area is 177 Å². The summed E-state index contributed by atoms with van der Waals surface area (Å²) in [4.78, 5) is 1.64. The SMILES string of the molecule is C/C=C/C[C@@](C)(C#Cc1ccccc1)c1ccccc1S(=O)c1ccc(C)cc1. The molecule has 3 aromatic carbocycles. The third-order valence-corrected chi connectivity index (χ3v) is 6.39. The molecule has 0 aliphatic rings. The lowest BCUT2D eigenvalue weighted by atomic mass is 9.79. The number of hydrogen-bond acceptors (Lipinski definition) is 1. The highest BCUT2D eigenvalue weighted by molar-refractivity contribution is 7.85. The Bertz CT molecular complexity index is 1070. The molecule has 1 nitrogen and oxygen atoms in total. The maximum absolute atomic E-state index is 13.4. The topological polar surface area (TPSA) is 17.1 Å². The molecule has 0 N–H and O–H groups in total. The summed E-state index contributed by atoms with van der Waals surface area (Å²) in [7, 11) is -1.26. The second-order valence-corrected chi connectivity index (χ2v) is 8.75. The van der Waals surface area contributed by atoms with Crippen LogP contribution in [0.25, 0.3) is 0 Å². The average Bonchev–Trinajstić information content (AvgIpc) is 2.77. The van der Waals surface area contributed by atoms with Crippen LogP contribution >= 0.6 is 0 Å².